The van der Waals surface area contributed by atoms with Crippen molar-refractivity contribution in [3.63, 3.8) is 0 Å². The Bertz CT molecular complexity index is 557. The van der Waals surface area contributed by atoms with Crippen LogP contribution in [0.3, 0.4) is 0 Å². The summed E-state index contributed by atoms with van der Waals surface area (Å²) in [6.45, 7) is 2.74. The molecule has 7 heteroatoms. The van der Waals surface area contributed by atoms with Crippen molar-refractivity contribution < 1.29 is 4.79 Å². The Kier molecular flexibility index (Phi) is 4.27. The lowest BCUT2D eigenvalue weighted by atomic mass is 10.2. The van der Waals surface area contributed by atoms with E-state index in [-0.39, 0.29) is 5.91 Å². The van der Waals surface area contributed by atoms with E-state index in [4.69, 9.17) is 0 Å². The number of amides is 1. The zero-order chi connectivity index (χ0) is 13.0. The maximum Gasteiger partial charge on any atom is 0.257 e. The first-order chi connectivity index (χ1) is 8.69. The van der Waals surface area contributed by atoms with Crippen molar-refractivity contribution >= 4 is 44.1 Å². The second-order valence-corrected chi connectivity index (χ2v) is 5.79. The molecule has 0 bridgehead atoms. The summed E-state index contributed by atoms with van der Waals surface area (Å²) in [5, 5.41) is 6.35. The fourth-order valence-electron chi connectivity index (χ4n) is 1.33. The Hall–Kier alpha value is -1.47. The number of hydrogen-bond donors (Lipinski definition) is 2. The number of nitrogens with zero attached hydrogens (tertiary/aromatic N) is 2. The van der Waals surface area contributed by atoms with E-state index in [9.17, 15) is 4.79 Å². The normalized spacial score (nSPS) is 10.1. The summed E-state index contributed by atoms with van der Waals surface area (Å²) in [4.78, 5) is 20.1. The second-order valence-electron chi connectivity index (χ2n) is 3.38. The molecular formula is C11H11BrN4OS. The summed E-state index contributed by atoms with van der Waals surface area (Å²) in [6, 6.07) is 3.38. The van der Waals surface area contributed by atoms with Gasteiger partial charge in [-0.05, 0) is 35.0 Å². The Labute approximate surface area is 117 Å². The fourth-order valence-corrected chi connectivity index (χ4v) is 2.43. The highest BCUT2D eigenvalue weighted by atomic mass is 79.9. The number of hydrogen-bond acceptors (Lipinski definition) is 5. The summed E-state index contributed by atoms with van der Waals surface area (Å²) in [5.74, 6) is 0.490. The molecule has 2 aromatic heterocycles. The van der Waals surface area contributed by atoms with Crippen LogP contribution in [0, 0.1) is 0 Å². The zero-order valence-corrected chi connectivity index (χ0v) is 12.0. The maximum atomic E-state index is 12.0. The van der Waals surface area contributed by atoms with Crippen molar-refractivity contribution in [3.05, 3.63) is 33.9 Å². The number of rotatable bonds is 4. The number of carbonyl (C=O) groups excluding carboxylic acids is 1. The predicted molar refractivity (Wildman–Crippen MR) is 76.2 cm³/mol. The third-order valence-corrected chi connectivity index (χ3v) is 3.47. The highest BCUT2D eigenvalue weighted by Gasteiger charge is 2.09. The van der Waals surface area contributed by atoms with Crippen LogP contribution in [0.1, 0.15) is 17.3 Å². The van der Waals surface area contributed by atoms with Crippen LogP contribution in [0.25, 0.3) is 0 Å². The van der Waals surface area contributed by atoms with Crippen LogP contribution in [0.5, 0.6) is 0 Å². The van der Waals surface area contributed by atoms with Crippen LogP contribution >= 0.6 is 27.3 Å². The van der Waals surface area contributed by atoms with Gasteiger partial charge in [-0.3, -0.25) is 10.1 Å². The molecule has 0 unspecified atom stereocenters. The first kappa shape index (κ1) is 13.0. The topological polar surface area (TPSA) is 66.9 Å². The zero-order valence-electron chi connectivity index (χ0n) is 9.61. The monoisotopic (exact) mass is 326 g/mol. The van der Waals surface area contributed by atoms with E-state index < -0.39 is 0 Å². The van der Waals surface area contributed by atoms with Gasteiger partial charge >= 0.3 is 0 Å². The van der Waals surface area contributed by atoms with Gasteiger partial charge in [-0.15, -0.1) is 0 Å². The molecule has 0 aliphatic heterocycles. The van der Waals surface area contributed by atoms with E-state index in [0.29, 0.717) is 16.5 Å². The van der Waals surface area contributed by atoms with Crippen LogP contribution < -0.4 is 10.6 Å². The number of carbonyl (C=O) groups is 1. The highest BCUT2D eigenvalue weighted by Crippen LogP contribution is 2.23. The lowest BCUT2D eigenvalue weighted by Gasteiger charge is -2.05. The van der Waals surface area contributed by atoms with Crippen LogP contribution in [0.2, 0.25) is 0 Å². The van der Waals surface area contributed by atoms with Gasteiger partial charge in [0.1, 0.15) is 5.82 Å². The van der Waals surface area contributed by atoms with Crippen LogP contribution in [-0.2, 0) is 0 Å². The molecule has 2 rings (SSSR count). The van der Waals surface area contributed by atoms with Crippen LogP contribution in [0.15, 0.2) is 28.3 Å². The van der Waals surface area contributed by atoms with E-state index >= 15 is 0 Å². The number of halogens is 1. The van der Waals surface area contributed by atoms with Crippen molar-refractivity contribution in [1.29, 1.82) is 0 Å². The molecule has 0 radical (unpaired) electrons. The Morgan fingerprint density at radius 1 is 1.50 bits per heavy atom. The summed E-state index contributed by atoms with van der Waals surface area (Å²) >= 11 is 4.66. The summed E-state index contributed by atoms with van der Waals surface area (Å²) < 4.78 is 0.876. The largest absolute Gasteiger partial charge is 0.370 e. The quantitative estimate of drug-likeness (QED) is 0.906. The number of nitrogens with one attached hydrogen (secondary N) is 2. The van der Waals surface area contributed by atoms with E-state index in [2.05, 4.69) is 36.5 Å². The highest BCUT2D eigenvalue weighted by molar-refractivity contribution is 9.11. The lowest BCUT2D eigenvalue weighted by molar-refractivity contribution is 0.102. The molecule has 2 N–H and O–H groups in total. The summed E-state index contributed by atoms with van der Waals surface area (Å²) in [5.41, 5.74) is 0.548. The average molecular weight is 327 g/mol. The van der Waals surface area contributed by atoms with Crippen molar-refractivity contribution in [2.24, 2.45) is 0 Å². The minimum absolute atomic E-state index is 0.196. The van der Waals surface area contributed by atoms with E-state index in [1.807, 2.05) is 6.92 Å². The molecule has 94 valence electrons. The third-order valence-electron chi connectivity index (χ3n) is 2.08. The van der Waals surface area contributed by atoms with Crippen molar-refractivity contribution in [2.45, 2.75) is 6.92 Å². The standard InChI is InChI=1S/C11H11BrN4OS/c1-2-13-9-5-7(3-4-14-9)10(17)16-11-15-6-8(12)18-11/h3-6H,2H2,1H3,(H,13,14)(H,15,16,17). The first-order valence-corrected chi connectivity index (χ1v) is 6.92. The van der Waals surface area contributed by atoms with E-state index in [0.717, 1.165) is 10.3 Å². The summed E-state index contributed by atoms with van der Waals surface area (Å²) in [6.07, 6.45) is 3.25. The Morgan fingerprint density at radius 3 is 3.00 bits per heavy atom. The average Bonchev–Trinajstić information content (AvgIpc) is 2.75. The van der Waals surface area contributed by atoms with Gasteiger partial charge in [0.2, 0.25) is 0 Å². The summed E-state index contributed by atoms with van der Waals surface area (Å²) in [7, 11) is 0. The number of anilines is 2. The molecule has 0 spiro atoms. The smallest absolute Gasteiger partial charge is 0.257 e. The van der Waals surface area contributed by atoms with Gasteiger partial charge in [0.15, 0.2) is 5.13 Å². The van der Waals surface area contributed by atoms with Gasteiger partial charge in [-0.1, -0.05) is 11.3 Å². The van der Waals surface area contributed by atoms with Gasteiger partial charge < -0.3 is 5.32 Å². The third kappa shape index (κ3) is 3.27. The number of pyridine rings is 1. The minimum atomic E-state index is -0.196. The number of thiazole rings is 1. The molecule has 0 fully saturated rings. The van der Waals surface area contributed by atoms with Gasteiger partial charge in [-0.25, -0.2) is 9.97 Å². The molecule has 0 aromatic carbocycles. The molecule has 2 heterocycles. The van der Waals surface area contributed by atoms with E-state index in [1.165, 1.54) is 11.3 Å². The van der Waals surface area contributed by atoms with Gasteiger partial charge in [0, 0.05) is 18.3 Å². The van der Waals surface area contributed by atoms with Gasteiger partial charge in [0.05, 0.1) is 9.98 Å². The second kappa shape index (κ2) is 5.92. The predicted octanol–water partition coefficient (Wildman–Crippen LogP) is 2.98. The van der Waals surface area contributed by atoms with Gasteiger partial charge in [-0.2, -0.15) is 0 Å². The van der Waals surface area contributed by atoms with Gasteiger partial charge in [0.25, 0.3) is 5.91 Å². The molecule has 0 aliphatic rings. The SMILES string of the molecule is CCNc1cc(C(=O)Nc2ncc(Br)s2)ccn1. The van der Waals surface area contributed by atoms with E-state index in [1.54, 1.807) is 24.5 Å². The number of aromatic nitrogens is 2. The van der Waals surface area contributed by atoms with Crippen LogP contribution in [0.4, 0.5) is 10.9 Å². The molecular weight excluding hydrogens is 316 g/mol. The molecule has 0 saturated heterocycles. The Morgan fingerprint density at radius 2 is 2.33 bits per heavy atom. The fraction of sp³-hybridized carbons (Fsp3) is 0.182. The Balaban J connectivity index is 2.11. The van der Waals surface area contributed by atoms with Crippen molar-refractivity contribution in [1.82, 2.24) is 9.97 Å². The minimum Gasteiger partial charge on any atom is -0.370 e. The molecule has 1 amide bonds. The van der Waals surface area contributed by atoms with Crippen molar-refractivity contribution in [2.75, 3.05) is 17.2 Å². The molecule has 18 heavy (non-hydrogen) atoms. The lowest BCUT2D eigenvalue weighted by Crippen LogP contribution is -2.12. The van der Waals surface area contributed by atoms with Crippen molar-refractivity contribution in [3.8, 4) is 0 Å². The molecule has 5 nitrogen and oxygen atoms in total. The maximum absolute atomic E-state index is 12.0. The molecule has 0 aliphatic carbocycles. The molecule has 2 aromatic rings. The molecule has 0 atom stereocenters. The molecule has 0 saturated carbocycles. The first-order valence-electron chi connectivity index (χ1n) is 5.31. The van der Waals surface area contributed by atoms with Crippen LogP contribution in [-0.4, -0.2) is 22.4 Å².